The van der Waals surface area contributed by atoms with E-state index >= 15 is 0 Å². The van der Waals surface area contributed by atoms with Gasteiger partial charge in [0, 0.05) is 23.6 Å². The van der Waals surface area contributed by atoms with Crippen LogP contribution in [0.25, 0.3) is 22.4 Å². The van der Waals surface area contributed by atoms with E-state index in [2.05, 4.69) is 4.37 Å². The van der Waals surface area contributed by atoms with Crippen molar-refractivity contribution in [3.8, 4) is 22.4 Å². The summed E-state index contributed by atoms with van der Waals surface area (Å²) in [5, 5.41) is 9.50. The molecular formula is C19H14F5NOS. The molecule has 0 aliphatic heterocycles. The zero-order chi connectivity index (χ0) is 19.8. The van der Waals surface area contributed by atoms with Crippen molar-refractivity contribution >= 4 is 11.5 Å². The molecule has 0 saturated carbocycles. The number of halogens is 5. The van der Waals surface area contributed by atoms with E-state index in [0.29, 0.717) is 11.1 Å². The Bertz CT molecular complexity index is 945. The molecule has 0 unspecified atom stereocenters. The molecule has 2 nitrogen and oxygen atoms in total. The summed E-state index contributed by atoms with van der Waals surface area (Å²) in [5.41, 5.74) is 0.458. The van der Waals surface area contributed by atoms with Crippen LogP contribution in [0.1, 0.15) is 22.9 Å². The Balaban J connectivity index is 2.27. The fraction of sp³-hybridized carbons (Fsp3) is 0.211. The van der Waals surface area contributed by atoms with E-state index in [9.17, 15) is 27.1 Å². The molecule has 2 aromatic carbocycles. The molecule has 1 aromatic heterocycles. The zero-order valence-corrected chi connectivity index (χ0v) is 14.8. The van der Waals surface area contributed by atoms with Crippen molar-refractivity contribution in [1.82, 2.24) is 4.37 Å². The topological polar surface area (TPSA) is 33.1 Å². The summed E-state index contributed by atoms with van der Waals surface area (Å²) in [6.45, 7) is -0.110. The first kappa shape index (κ1) is 19.4. The van der Waals surface area contributed by atoms with Crippen molar-refractivity contribution < 1.29 is 27.1 Å². The molecular weight excluding hydrogens is 385 g/mol. The van der Waals surface area contributed by atoms with Crippen LogP contribution in [0, 0.1) is 0 Å². The zero-order valence-electron chi connectivity index (χ0n) is 14.0. The maximum absolute atomic E-state index is 13.8. The third kappa shape index (κ3) is 3.86. The van der Waals surface area contributed by atoms with Gasteiger partial charge in [0.05, 0.1) is 12.3 Å². The molecule has 0 amide bonds. The van der Waals surface area contributed by atoms with E-state index in [0.717, 1.165) is 13.0 Å². The maximum Gasteiger partial charge on any atom is 0.427 e. The molecule has 1 heterocycles. The first-order chi connectivity index (χ1) is 12.6. The van der Waals surface area contributed by atoms with Gasteiger partial charge in [-0.2, -0.15) is 17.5 Å². The van der Waals surface area contributed by atoms with Crippen LogP contribution < -0.4 is 0 Å². The largest absolute Gasteiger partial charge is 0.427 e. The lowest BCUT2D eigenvalue weighted by Crippen LogP contribution is -2.08. The second kappa shape index (κ2) is 7.01. The third-order valence-corrected chi connectivity index (χ3v) is 5.00. The van der Waals surface area contributed by atoms with Gasteiger partial charge >= 0.3 is 6.18 Å². The van der Waals surface area contributed by atoms with Crippen LogP contribution in [0.4, 0.5) is 22.0 Å². The highest BCUT2D eigenvalue weighted by molar-refractivity contribution is 7.06. The van der Waals surface area contributed by atoms with Gasteiger partial charge in [0.1, 0.15) is 4.88 Å². The number of nitrogens with zero attached hydrogens (tertiary/aromatic N) is 1. The van der Waals surface area contributed by atoms with E-state index in [1.54, 1.807) is 30.3 Å². The lowest BCUT2D eigenvalue weighted by Gasteiger charge is -2.16. The van der Waals surface area contributed by atoms with Crippen molar-refractivity contribution in [3.63, 3.8) is 0 Å². The molecule has 0 spiro atoms. The third-order valence-electron chi connectivity index (χ3n) is 4.07. The summed E-state index contributed by atoms with van der Waals surface area (Å²) < 4.78 is 71.0. The van der Waals surface area contributed by atoms with Gasteiger partial charge in [0.2, 0.25) is 0 Å². The Kier molecular flexibility index (Phi) is 5.05. The fourth-order valence-electron chi connectivity index (χ4n) is 2.77. The lowest BCUT2D eigenvalue weighted by molar-refractivity contribution is -0.135. The average Bonchev–Trinajstić information content (AvgIpc) is 3.05. The van der Waals surface area contributed by atoms with Gasteiger partial charge in [0.25, 0.3) is 5.92 Å². The number of benzene rings is 2. The SMILES string of the molecule is CC(F)(F)c1ccc(-c2nsc(C(F)(F)F)c2CO)c(-c2ccccc2)c1. The molecule has 0 saturated heterocycles. The molecule has 0 atom stereocenters. The second-order valence-corrected chi connectivity index (χ2v) is 6.78. The summed E-state index contributed by atoms with van der Waals surface area (Å²) in [6.07, 6.45) is -4.66. The van der Waals surface area contributed by atoms with Crippen LogP contribution in [-0.4, -0.2) is 9.48 Å². The van der Waals surface area contributed by atoms with E-state index in [1.165, 1.54) is 12.1 Å². The summed E-state index contributed by atoms with van der Waals surface area (Å²) in [5.74, 6) is -3.11. The Labute approximate surface area is 156 Å². The number of aliphatic hydroxyl groups is 1. The van der Waals surface area contributed by atoms with E-state index < -0.39 is 23.6 Å². The van der Waals surface area contributed by atoms with Gasteiger partial charge in [0.15, 0.2) is 0 Å². The number of rotatable bonds is 4. The molecule has 1 N–H and O–H groups in total. The highest BCUT2D eigenvalue weighted by Crippen LogP contribution is 2.43. The smallest absolute Gasteiger partial charge is 0.392 e. The minimum Gasteiger partial charge on any atom is -0.392 e. The van der Waals surface area contributed by atoms with Crippen molar-refractivity contribution in [2.45, 2.75) is 25.6 Å². The van der Waals surface area contributed by atoms with Crippen LogP contribution in [0.15, 0.2) is 48.5 Å². The monoisotopic (exact) mass is 399 g/mol. The van der Waals surface area contributed by atoms with Crippen LogP contribution in [0.5, 0.6) is 0 Å². The number of hydrogen-bond acceptors (Lipinski definition) is 3. The first-order valence-electron chi connectivity index (χ1n) is 7.87. The Hall–Kier alpha value is -2.32. The molecule has 0 radical (unpaired) electrons. The maximum atomic E-state index is 13.8. The molecule has 8 heteroatoms. The Morgan fingerprint density at radius 1 is 0.963 bits per heavy atom. The lowest BCUT2D eigenvalue weighted by atomic mass is 9.92. The van der Waals surface area contributed by atoms with Gasteiger partial charge in [-0.3, -0.25) is 0 Å². The van der Waals surface area contributed by atoms with Crippen LogP contribution in [-0.2, 0) is 18.7 Å². The van der Waals surface area contributed by atoms with Crippen molar-refractivity contribution in [1.29, 1.82) is 0 Å². The Morgan fingerprint density at radius 3 is 2.19 bits per heavy atom. The molecule has 3 rings (SSSR count). The van der Waals surface area contributed by atoms with Crippen molar-refractivity contribution in [2.75, 3.05) is 0 Å². The number of hydrogen-bond donors (Lipinski definition) is 1. The average molecular weight is 399 g/mol. The fourth-order valence-corrected chi connectivity index (χ4v) is 3.54. The van der Waals surface area contributed by atoms with Gasteiger partial charge in [-0.25, -0.2) is 8.78 Å². The standard InChI is InChI=1S/C19H14F5NOS/c1-18(20,21)12-7-8-13(14(9-12)11-5-3-2-4-6-11)16-15(10-26)17(27-25-16)19(22,23)24/h2-9,26H,10H2,1H3. The van der Waals surface area contributed by atoms with E-state index in [1.807, 2.05) is 0 Å². The van der Waals surface area contributed by atoms with Crippen molar-refractivity contribution in [2.24, 2.45) is 0 Å². The number of aliphatic hydroxyl groups excluding tert-OH is 1. The minimum atomic E-state index is -4.66. The van der Waals surface area contributed by atoms with Gasteiger partial charge < -0.3 is 5.11 Å². The van der Waals surface area contributed by atoms with Gasteiger partial charge in [-0.1, -0.05) is 42.5 Å². The molecule has 0 aliphatic rings. The molecule has 0 fully saturated rings. The summed E-state index contributed by atoms with van der Waals surface area (Å²) in [7, 11) is 0. The predicted molar refractivity (Wildman–Crippen MR) is 93.5 cm³/mol. The molecule has 0 bridgehead atoms. The molecule has 3 aromatic rings. The van der Waals surface area contributed by atoms with Gasteiger partial charge in [-0.15, -0.1) is 0 Å². The molecule has 27 heavy (non-hydrogen) atoms. The van der Waals surface area contributed by atoms with Gasteiger partial charge in [-0.05, 0) is 28.7 Å². The summed E-state index contributed by atoms with van der Waals surface area (Å²) >= 11 is 0.233. The Morgan fingerprint density at radius 2 is 1.63 bits per heavy atom. The van der Waals surface area contributed by atoms with Crippen LogP contribution in [0.3, 0.4) is 0 Å². The minimum absolute atomic E-state index is 0.0559. The highest BCUT2D eigenvalue weighted by Gasteiger charge is 2.38. The second-order valence-electron chi connectivity index (χ2n) is 6.01. The van der Waals surface area contributed by atoms with Crippen LogP contribution >= 0.6 is 11.5 Å². The van der Waals surface area contributed by atoms with Crippen LogP contribution in [0.2, 0.25) is 0 Å². The number of aromatic nitrogens is 1. The first-order valence-corrected chi connectivity index (χ1v) is 8.65. The summed E-state index contributed by atoms with van der Waals surface area (Å²) in [6, 6.07) is 12.2. The van der Waals surface area contributed by atoms with E-state index in [4.69, 9.17) is 0 Å². The quantitative estimate of drug-likeness (QED) is 0.538. The normalized spacial score (nSPS) is 12.4. The van der Waals surface area contributed by atoms with Crippen molar-refractivity contribution in [3.05, 3.63) is 64.5 Å². The highest BCUT2D eigenvalue weighted by atomic mass is 32.1. The molecule has 142 valence electrons. The molecule has 0 aliphatic carbocycles. The summed E-state index contributed by atoms with van der Waals surface area (Å²) in [4.78, 5) is -0.996. The number of alkyl halides is 5. The van der Waals surface area contributed by atoms with E-state index in [-0.39, 0.29) is 33.9 Å². The predicted octanol–water partition coefficient (Wildman–Crippen LogP) is 6.10.